The van der Waals surface area contributed by atoms with Gasteiger partial charge in [-0.2, -0.15) is 0 Å². The Morgan fingerprint density at radius 1 is 1.17 bits per heavy atom. The summed E-state index contributed by atoms with van der Waals surface area (Å²) in [5, 5.41) is 0. The number of rotatable bonds is 1. The average Bonchev–Trinajstić information content (AvgIpc) is 1.91. The molecule has 0 aromatic carbocycles. The summed E-state index contributed by atoms with van der Waals surface area (Å²) in [6.07, 6.45) is 4.37. The fraction of sp³-hybridized carbons (Fsp3) is 1.00. The number of likely N-dealkylation sites (N-methyl/N-ethyl adjacent to an activating group) is 1. The normalized spacial score (nSPS) is 35.0. The smallest absolute Gasteiger partial charge is 0.0198 e. The van der Waals surface area contributed by atoms with Gasteiger partial charge in [0.25, 0.3) is 0 Å². The van der Waals surface area contributed by atoms with Crippen LogP contribution in [0.5, 0.6) is 0 Å². The maximum Gasteiger partial charge on any atom is 0.0198 e. The monoisotopic (exact) mass is 168 g/mol. The molecule has 0 spiro atoms. The van der Waals surface area contributed by atoms with Crippen molar-refractivity contribution < 1.29 is 0 Å². The van der Waals surface area contributed by atoms with Crippen molar-refractivity contribution in [3.63, 3.8) is 0 Å². The lowest BCUT2D eigenvalue weighted by molar-refractivity contribution is 0.0292. The van der Waals surface area contributed by atoms with Crippen LogP contribution in [0.4, 0.5) is 0 Å². The lowest BCUT2D eigenvalue weighted by atomic mass is 9.90. The Bertz CT molecular complexity index is 154. The van der Waals surface area contributed by atoms with E-state index in [-0.39, 0.29) is 0 Å². The number of piperazine rings is 1. The first kappa shape index (κ1) is 8.52. The molecule has 2 aliphatic rings. The van der Waals surface area contributed by atoms with E-state index in [4.69, 9.17) is 0 Å². The minimum atomic E-state index is 0.786. The van der Waals surface area contributed by atoms with Gasteiger partial charge in [-0.05, 0) is 26.8 Å². The largest absolute Gasteiger partial charge is 0.304 e. The Hall–Kier alpha value is -0.0800. The predicted octanol–water partition coefficient (Wildman–Crippen LogP) is 1.17. The first-order valence-electron chi connectivity index (χ1n) is 5.21. The molecule has 2 rings (SSSR count). The van der Waals surface area contributed by atoms with E-state index in [0.717, 1.165) is 12.1 Å². The molecular formula is C10H20N2. The Kier molecular flexibility index (Phi) is 2.37. The lowest BCUT2D eigenvalue weighted by Crippen LogP contribution is -2.55. The van der Waals surface area contributed by atoms with Crippen molar-refractivity contribution in [1.29, 1.82) is 0 Å². The average molecular weight is 168 g/mol. The molecule has 12 heavy (non-hydrogen) atoms. The van der Waals surface area contributed by atoms with Crippen LogP contribution in [0.1, 0.15) is 26.2 Å². The summed E-state index contributed by atoms with van der Waals surface area (Å²) >= 11 is 0. The van der Waals surface area contributed by atoms with Gasteiger partial charge >= 0.3 is 0 Å². The highest BCUT2D eigenvalue weighted by Gasteiger charge is 2.31. The van der Waals surface area contributed by atoms with Crippen LogP contribution in [0.25, 0.3) is 0 Å². The molecule has 1 aliphatic carbocycles. The van der Waals surface area contributed by atoms with E-state index in [1.807, 2.05) is 0 Å². The molecule has 2 fully saturated rings. The summed E-state index contributed by atoms with van der Waals surface area (Å²) in [6, 6.07) is 1.72. The molecule has 1 unspecified atom stereocenters. The van der Waals surface area contributed by atoms with Crippen LogP contribution in [-0.4, -0.2) is 48.6 Å². The Morgan fingerprint density at radius 3 is 2.42 bits per heavy atom. The molecule has 0 bridgehead atoms. The zero-order chi connectivity index (χ0) is 8.55. The molecule has 0 aromatic heterocycles. The van der Waals surface area contributed by atoms with Crippen molar-refractivity contribution in [3.8, 4) is 0 Å². The minimum Gasteiger partial charge on any atom is -0.304 e. The van der Waals surface area contributed by atoms with Crippen molar-refractivity contribution in [2.45, 2.75) is 38.3 Å². The maximum atomic E-state index is 2.71. The van der Waals surface area contributed by atoms with E-state index in [1.165, 1.54) is 38.9 Å². The van der Waals surface area contributed by atoms with Gasteiger partial charge in [0.2, 0.25) is 0 Å². The van der Waals surface area contributed by atoms with Crippen LogP contribution in [0, 0.1) is 0 Å². The summed E-state index contributed by atoms with van der Waals surface area (Å²) in [5.41, 5.74) is 0. The lowest BCUT2D eigenvalue weighted by Gasteiger charge is -2.46. The molecule has 1 heterocycles. The van der Waals surface area contributed by atoms with Crippen LogP contribution in [0.3, 0.4) is 0 Å². The Morgan fingerprint density at radius 2 is 1.92 bits per heavy atom. The molecule has 0 radical (unpaired) electrons. The van der Waals surface area contributed by atoms with Gasteiger partial charge < -0.3 is 4.90 Å². The van der Waals surface area contributed by atoms with Crippen LogP contribution < -0.4 is 0 Å². The summed E-state index contributed by atoms with van der Waals surface area (Å²) < 4.78 is 0. The van der Waals surface area contributed by atoms with Gasteiger partial charge in [-0.1, -0.05) is 6.42 Å². The van der Waals surface area contributed by atoms with Crippen molar-refractivity contribution >= 4 is 0 Å². The molecule has 2 nitrogen and oxygen atoms in total. The summed E-state index contributed by atoms with van der Waals surface area (Å²) in [5.74, 6) is 0. The zero-order valence-electron chi connectivity index (χ0n) is 8.29. The highest BCUT2D eigenvalue weighted by Crippen LogP contribution is 2.27. The second-order valence-corrected chi connectivity index (χ2v) is 4.43. The molecule has 0 aromatic rings. The van der Waals surface area contributed by atoms with Crippen molar-refractivity contribution in [3.05, 3.63) is 0 Å². The van der Waals surface area contributed by atoms with Crippen LogP contribution >= 0.6 is 0 Å². The second-order valence-electron chi connectivity index (χ2n) is 4.43. The number of nitrogens with zero attached hydrogens (tertiary/aromatic N) is 2. The maximum absolute atomic E-state index is 2.71. The van der Waals surface area contributed by atoms with Crippen molar-refractivity contribution in [2.24, 2.45) is 0 Å². The van der Waals surface area contributed by atoms with Gasteiger partial charge in [0, 0.05) is 31.7 Å². The molecule has 70 valence electrons. The van der Waals surface area contributed by atoms with E-state index in [9.17, 15) is 0 Å². The quantitative estimate of drug-likeness (QED) is 0.580. The second kappa shape index (κ2) is 3.35. The zero-order valence-corrected chi connectivity index (χ0v) is 8.29. The van der Waals surface area contributed by atoms with Crippen LogP contribution in [0.2, 0.25) is 0 Å². The van der Waals surface area contributed by atoms with Crippen molar-refractivity contribution in [2.75, 3.05) is 26.7 Å². The van der Waals surface area contributed by atoms with E-state index in [2.05, 4.69) is 23.8 Å². The first-order chi connectivity index (χ1) is 5.77. The van der Waals surface area contributed by atoms with Gasteiger partial charge in [0.1, 0.15) is 0 Å². The standard InChI is InChI=1S/C10H20N2/c1-9-8-11(2)6-7-12(9)10-4-3-5-10/h9-10H,3-8H2,1-2H3. The number of hydrogen-bond donors (Lipinski definition) is 0. The summed E-state index contributed by atoms with van der Waals surface area (Å²) in [6.45, 7) is 6.19. The van der Waals surface area contributed by atoms with E-state index < -0.39 is 0 Å². The topological polar surface area (TPSA) is 6.48 Å². The van der Waals surface area contributed by atoms with Crippen molar-refractivity contribution in [1.82, 2.24) is 9.80 Å². The highest BCUT2D eigenvalue weighted by atomic mass is 15.3. The van der Waals surface area contributed by atoms with E-state index in [0.29, 0.717) is 0 Å². The fourth-order valence-electron chi connectivity index (χ4n) is 2.41. The molecule has 2 heteroatoms. The Balaban J connectivity index is 1.88. The molecule has 1 saturated carbocycles. The number of hydrogen-bond acceptors (Lipinski definition) is 2. The van der Waals surface area contributed by atoms with E-state index >= 15 is 0 Å². The third kappa shape index (κ3) is 1.50. The molecular weight excluding hydrogens is 148 g/mol. The molecule has 1 atom stereocenters. The molecule has 1 saturated heterocycles. The highest BCUT2D eigenvalue weighted by molar-refractivity contribution is 4.87. The van der Waals surface area contributed by atoms with Gasteiger partial charge in [-0.3, -0.25) is 4.90 Å². The SMILES string of the molecule is CC1CN(C)CCN1C1CCC1. The predicted molar refractivity (Wildman–Crippen MR) is 51.3 cm³/mol. The third-order valence-electron chi connectivity index (χ3n) is 3.43. The Labute approximate surface area is 75.5 Å². The van der Waals surface area contributed by atoms with Crippen LogP contribution in [-0.2, 0) is 0 Å². The minimum absolute atomic E-state index is 0.786. The van der Waals surface area contributed by atoms with Gasteiger partial charge in [0.15, 0.2) is 0 Å². The van der Waals surface area contributed by atoms with Gasteiger partial charge in [-0.15, -0.1) is 0 Å². The summed E-state index contributed by atoms with van der Waals surface area (Å²) in [4.78, 5) is 5.16. The summed E-state index contributed by atoms with van der Waals surface area (Å²) in [7, 11) is 2.23. The van der Waals surface area contributed by atoms with E-state index in [1.54, 1.807) is 0 Å². The van der Waals surface area contributed by atoms with Crippen LogP contribution in [0.15, 0.2) is 0 Å². The molecule has 1 aliphatic heterocycles. The molecule has 0 N–H and O–H groups in total. The third-order valence-corrected chi connectivity index (χ3v) is 3.43. The molecule has 0 amide bonds. The van der Waals surface area contributed by atoms with Gasteiger partial charge in [0.05, 0.1) is 0 Å². The fourth-order valence-corrected chi connectivity index (χ4v) is 2.41. The first-order valence-corrected chi connectivity index (χ1v) is 5.21. The van der Waals surface area contributed by atoms with Gasteiger partial charge in [-0.25, -0.2) is 0 Å².